The highest BCUT2D eigenvalue weighted by Crippen LogP contribution is 2.21. The van der Waals surface area contributed by atoms with Gasteiger partial charge in [-0.1, -0.05) is 0 Å². The van der Waals surface area contributed by atoms with Gasteiger partial charge in [0.05, 0.1) is 12.6 Å². The zero-order valence-corrected chi connectivity index (χ0v) is 12.0. The van der Waals surface area contributed by atoms with Gasteiger partial charge in [-0.2, -0.15) is 0 Å². The summed E-state index contributed by atoms with van der Waals surface area (Å²) >= 11 is 0. The SMILES string of the molecule is Cc1ccc(C(=O)N(C[C@@H]2CCCO2)c2ccncc2)o1. The smallest absolute Gasteiger partial charge is 0.294 e. The van der Waals surface area contributed by atoms with Gasteiger partial charge in [-0.25, -0.2) is 0 Å². The molecule has 0 aromatic carbocycles. The molecule has 0 bridgehead atoms. The third-order valence-electron chi connectivity index (χ3n) is 3.58. The second kappa shape index (κ2) is 6.10. The lowest BCUT2D eigenvalue weighted by Gasteiger charge is -2.24. The standard InChI is InChI=1S/C16H18N2O3/c1-12-4-5-15(21-12)16(19)18(11-14-3-2-10-20-14)13-6-8-17-9-7-13/h4-9,14H,2-3,10-11H2,1H3/t14-/m0/s1. The molecule has 3 heterocycles. The summed E-state index contributed by atoms with van der Waals surface area (Å²) in [7, 11) is 0. The second-order valence-electron chi connectivity index (χ2n) is 5.17. The molecule has 0 radical (unpaired) electrons. The van der Waals surface area contributed by atoms with E-state index in [1.807, 2.05) is 19.1 Å². The van der Waals surface area contributed by atoms with Crippen LogP contribution in [0.1, 0.15) is 29.2 Å². The first-order valence-corrected chi connectivity index (χ1v) is 7.14. The van der Waals surface area contributed by atoms with Crippen molar-refractivity contribution in [2.24, 2.45) is 0 Å². The van der Waals surface area contributed by atoms with Crippen molar-refractivity contribution < 1.29 is 13.9 Å². The summed E-state index contributed by atoms with van der Waals surface area (Å²) in [5.41, 5.74) is 0.805. The Balaban J connectivity index is 1.86. The first-order chi connectivity index (χ1) is 10.2. The van der Waals surface area contributed by atoms with Crippen LogP contribution in [0.4, 0.5) is 5.69 Å². The van der Waals surface area contributed by atoms with Crippen LogP contribution in [0.3, 0.4) is 0 Å². The molecule has 2 aromatic rings. The van der Waals surface area contributed by atoms with Crippen LogP contribution in [0, 0.1) is 6.92 Å². The Labute approximate surface area is 123 Å². The van der Waals surface area contributed by atoms with Gasteiger partial charge in [-0.15, -0.1) is 0 Å². The predicted octanol–water partition coefficient (Wildman–Crippen LogP) is 2.81. The summed E-state index contributed by atoms with van der Waals surface area (Å²) in [6.07, 6.45) is 5.46. The quantitative estimate of drug-likeness (QED) is 0.867. The molecular weight excluding hydrogens is 268 g/mol. The number of anilines is 1. The van der Waals surface area contributed by atoms with E-state index in [2.05, 4.69) is 4.98 Å². The summed E-state index contributed by atoms with van der Waals surface area (Å²) < 4.78 is 11.1. The van der Waals surface area contributed by atoms with Gasteiger partial charge in [-0.3, -0.25) is 9.78 Å². The van der Waals surface area contributed by atoms with E-state index in [1.54, 1.807) is 29.4 Å². The molecule has 5 heteroatoms. The summed E-state index contributed by atoms with van der Waals surface area (Å²) in [6.45, 7) is 3.12. The number of carbonyl (C=O) groups excluding carboxylic acids is 1. The highest BCUT2D eigenvalue weighted by molar-refractivity contribution is 6.04. The second-order valence-corrected chi connectivity index (χ2v) is 5.17. The lowest BCUT2D eigenvalue weighted by atomic mass is 10.2. The van der Waals surface area contributed by atoms with Gasteiger partial charge < -0.3 is 14.1 Å². The lowest BCUT2D eigenvalue weighted by molar-refractivity contribution is 0.0894. The number of carbonyl (C=O) groups is 1. The third kappa shape index (κ3) is 3.13. The minimum atomic E-state index is -0.148. The summed E-state index contributed by atoms with van der Waals surface area (Å²) in [5, 5.41) is 0. The Hall–Kier alpha value is -2.14. The van der Waals surface area contributed by atoms with E-state index >= 15 is 0 Å². The Morgan fingerprint density at radius 2 is 2.14 bits per heavy atom. The molecule has 0 spiro atoms. The number of furan rings is 1. The maximum Gasteiger partial charge on any atom is 0.294 e. The van der Waals surface area contributed by atoms with Crippen LogP contribution in [-0.4, -0.2) is 30.1 Å². The molecule has 0 unspecified atom stereocenters. The minimum absolute atomic E-state index is 0.0816. The van der Waals surface area contributed by atoms with Crippen molar-refractivity contribution in [1.82, 2.24) is 4.98 Å². The number of hydrogen-bond donors (Lipinski definition) is 0. The van der Waals surface area contributed by atoms with Crippen molar-refractivity contribution in [3.05, 3.63) is 48.2 Å². The van der Waals surface area contributed by atoms with Crippen molar-refractivity contribution in [1.29, 1.82) is 0 Å². The van der Waals surface area contributed by atoms with Gasteiger partial charge in [0.1, 0.15) is 5.76 Å². The van der Waals surface area contributed by atoms with Crippen molar-refractivity contribution in [2.75, 3.05) is 18.1 Å². The van der Waals surface area contributed by atoms with Crippen molar-refractivity contribution in [2.45, 2.75) is 25.9 Å². The van der Waals surface area contributed by atoms with E-state index in [0.717, 1.165) is 30.9 Å². The van der Waals surface area contributed by atoms with E-state index < -0.39 is 0 Å². The number of pyridine rings is 1. The highest BCUT2D eigenvalue weighted by Gasteiger charge is 2.26. The summed E-state index contributed by atoms with van der Waals surface area (Å²) in [4.78, 5) is 18.4. The van der Waals surface area contributed by atoms with Gasteiger partial charge in [-0.05, 0) is 44.0 Å². The predicted molar refractivity (Wildman–Crippen MR) is 78.3 cm³/mol. The molecule has 0 saturated carbocycles. The number of nitrogens with zero attached hydrogens (tertiary/aromatic N) is 2. The zero-order chi connectivity index (χ0) is 14.7. The monoisotopic (exact) mass is 286 g/mol. The normalized spacial score (nSPS) is 17.9. The van der Waals surface area contributed by atoms with Crippen LogP contribution >= 0.6 is 0 Å². The van der Waals surface area contributed by atoms with Gasteiger partial charge in [0.15, 0.2) is 5.76 Å². The molecule has 21 heavy (non-hydrogen) atoms. The number of hydrogen-bond acceptors (Lipinski definition) is 4. The first-order valence-electron chi connectivity index (χ1n) is 7.14. The average molecular weight is 286 g/mol. The zero-order valence-electron chi connectivity index (χ0n) is 12.0. The van der Waals surface area contributed by atoms with E-state index in [9.17, 15) is 4.79 Å². The molecule has 3 rings (SSSR count). The van der Waals surface area contributed by atoms with Crippen LogP contribution in [0.5, 0.6) is 0 Å². The summed E-state index contributed by atoms with van der Waals surface area (Å²) in [5.74, 6) is 0.928. The molecule has 1 aliphatic heterocycles. The van der Waals surface area contributed by atoms with E-state index in [0.29, 0.717) is 12.3 Å². The van der Waals surface area contributed by atoms with E-state index in [-0.39, 0.29) is 12.0 Å². The molecule has 110 valence electrons. The fraction of sp³-hybridized carbons (Fsp3) is 0.375. The molecule has 1 atom stereocenters. The van der Waals surface area contributed by atoms with Crippen molar-refractivity contribution in [3.63, 3.8) is 0 Å². The van der Waals surface area contributed by atoms with Crippen LogP contribution < -0.4 is 4.90 Å². The number of amides is 1. The van der Waals surface area contributed by atoms with Gasteiger partial charge in [0, 0.05) is 24.7 Å². The molecular formula is C16H18N2O3. The molecule has 1 aliphatic rings. The maximum atomic E-state index is 12.7. The molecule has 0 N–H and O–H groups in total. The Morgan fingerprint density at radius 3 is 2.76 bits per heavy atom. The lowest BCUT2D eigenvalue weighted by Crippen LogP contribution is -2.37. The number of aryl methyl sites for hydroxylation is 1. The molecule has 1 amide bonds. The molecule has 0 aliphatic carbocycles. The Bertz CT molecular complexity index is 603. The highest BCUT2D eigenvalue weighted by atomic mass is 16.5. The molecule has 2 aromatic heterocycles. The van der Waals surface area contributed by atoms with Crippen LogP contribution in [0.15, 0.2) is 41.1 Å². The summed E-state index contributed by atoms with van der Waals surface area (Å²) in [6, 6.07) is 7.15. The molecule has 5 nitrogen and oxygen atoms in total. The third-order valence-corrected chi connectivity index (χ3v) is 3.58. The van der Waals surface area contributed by atoms with Crippen molar-refractivity contribution >= 4 is 11.6 Å². The van der Waals surface area contributed by atoms with Crippen LogP contribution in [-0.2, 0) is 4.74 Å². The Morgan fingerprint density at radius 1 is 1.33 bits per heavy atom. The number of aromatic nitrogens is 1. The number of rotatable bonds is 4. The van der Waals surface area contributed by atoms with Crippen molar-refractivity contribution in [3.8, 4) is 0 Å². The topological polar surface area (TPSA) is 55.6 Å². The van der Waals surface area contributed by atoms with E-state index in [1.165, 1.54) is 0 Å². The fourth-order valence-electron chi connectivity index (χ4n) is 2.50. The Kier molecular flexibility index (Phi) is 4.01. The van der Waals surface area contributed by atoms with Gasteiger partial charge in [0.2, 0.25) is 0 Å². The van der Waals surface area contributed by atoms with Gasteiger partial charge >= 0.3 is 0 Å². The fourth-order valence-corrected chi connectivity index (χ4v) is 2.50. The minimum Gasteiger partial charge on any atom is -0.456 e. The maximum absolute atomic E-state index is 12.7. The van der Waals surface area contributed by atoms with E-state index in [4.69, 9.17) is 9.15 Å². The van der Waals surface area contributed by atoms with Crippen LogP contribution in [0.25, 0.3) is 0 Å². The van der Waals surface area contributed by atoms with Gasteiger partial charge in [0.25, 0.3) is 5.91 Å². The molecule has 1 fully saturated rings. The average Bonchev–Trinajstić information content (AvgIpc) is 3.16. The first kappa shape index (κ1) is 13.8. The number of ether oxygens (including phenoxy) is 1. The van der Waals surface area contributed by atoms with Crippen LogP contribution in [0.2, 0.25) is 0 Å². The molecule has 1 saturated heterocycles. The largest absolute Gasteiger partial charge is 0.456 e.